The molecule has 104 valence electrons. The van der Waals surface area contributed by atoms with E-state index in [0.29, 0.717) is 17.7 Å². The van der Waals surface area contributed by atoms with Crippen LogP contribution in [0.25, 0.3) is 0 Å². The summed E-state index contributed by atoms with van der Waals surface area (Å²) in [5.74, 6) is 1.43. The summed E-state index contributed by atoms with van der Waals surface area (Å²) in [6, 6.07) is 11.2. The normalized spacial score (nSPS) is 26.0. The zero-order chi connectivity index (χ0) is 13.8. The van der Waals surface area contributed by atoms with E-state index in [4.69, 9.17) is 11.1 Å². The maximum atomic E-state index is 7.65. The van der Waals surface area contributed by atoms with Crippen LogP contribution in [0.1, 0.15) is 31.9 Å². The molecule has 0 saturated carbocycles. The van der Waals surface area contributed by atoms with Crippen molar-refractivity contribution < 1.29 is 0 Å². The molecule has 3 nitrogen and oxygen atoms in total. The first-order valence-corrected chi connectivity index (χ1v) is 7.89. The second-order valence-corrected chi connectivity index (χ2v) is 6.70. The van der Waals surface area contributed by atoms with Gasteiger partial charge in [0.1, 0.15) is 0 Å². The topological polar surface area (TPSA) is 53.1 Å². The third-order valence-corrected chi connectivity index (χ3v) is 5.27. The standard InChI is InChI=1S/C15H23N3S/c1-11-12(2)19-9-8-18(11)14(10-15(16)17)13-6-4-3-5-7-13/h3-7,11-12,14H,8-10H2,1-2H3,(H3,16,17). The average Bonchev–Trinajstić information content (AvgIpc) is 2.40. The van der Waals surface area contributed by atoms with Crippen molar-refractivity contribution in [1.82, 2.24) is 4.90 Å². The lowest BCUT2D eigenvalue weighted by molar-refractivity contribution is 0.150. The minimum atomic E-state index is 0.233. The van der Waals surface area contributed by atoms with E-state index in [1.54, 1.807) is 0 Å². The summed E-state index contributed by atoms with van der Waals surface area (Å²) in [4.78, 5) is 2.51. The SMILES string of the molecule is CC1SCCN(C(CC(=N)N)c2ccccc2)C1C. The molecule has 3 unspecified atom stereocenters. The highest BCUT2D eigenvalue weighted by Crippen LogP contribution is 2.33. The average molecular weight is 277 g/mol. The highest BCUT2D eigenvalue weighted by Gasteiger charge is 2.31. The van der Waals surface area contributed by atoms with Crippen LogP contribution in [0.2, 0.25) is 0 Å². The molecule has 1 aliphatic heterocycles. The Kier molecular flexibility index (Phi) is 4.88. The first-order valence-electron chi connectivity index (χ1n) is 6.84. The molecule has 19 heavy (non-hydrogen) atoms. The monoisotopic (exact) mass is 277 g/mol. The molecule has 3 atom stereocenters. The minimum absolute atomic E-state index is 0.233. The van der Waals surface area contributed by atoms with E-state index in [1.807, 2.05) is 17.8 Å². The minimum Gasteiger partial charge on any atom is -0.388 e. The van der Waals surface area contributed by atoms with Crippen LogP contribution < -0.4 is 5.73 Å². The molecule has 0 spiro atoms. The first-order chi connectivity index (χ1) is 9.09. The van der Waals surface area contributed by atoms with Crippen LogP contribution in [0.15, 0.2) is 30.3 Å². The van der Waals surface area contributed by atoms with Gasteiger partial charge in [-0.2, -0.15) is 11.8 Å². The smallest absolute Gasteiger partial charge is 0.0924 e. The molecule has 1 heterocycles. The lowest BCUT2D eigenvalue weighted by atomic mass is 9.99. The second-order valence-electron chi connectivity index (χ2n) is 5.21. The first kappa shape index (κ1) is 14.4. The summed E-state index contributed by atoms with van der Waals surface area (Å²) >= 11 is 2.03. The fourth-order valence-corrected chi connectivity index (χ4v) is 3.83. The molecule has 0 aromatic heterocycles. The third-order valence-electron chi connectivity index (χ3n) is 3.93. The third kappa shape index (κ3) is 3.51. The maximum absolute atomic E-state index is 7.65. The van der Waals surface area contributed by atoms with Crippen LogP contribution in [0.3, 0.4) is 0 Å². The fraction of sp³-hybridized carbons (Fsp3) is 0.533. The highest BCUT2D eigenvalue weighted by molar-refractivity contribution is 8.00. The maximum Gasteiger partial charge on any atom is 0.0924 e. The Bertz CT molecular complexity index is 421. The van der Waals surface area contributed by atoms with E-state index in [-0.39, 0.29) is 11.9 Å². The number of thioether (sulfide) groups is 1. The molecule has 0 bridgehead atoms. The van der Waals surface area contributed by atoms with Gasteiger partial charge in [0.25, 0.3) is 0 Å². The van der Waals surface area contributed by atoms with E-state index >= 15 is 0 Å². The van der Waals surface area contributed by atoms with Crippen molar-refractivity contribution in [3.63, 3.8) is 0 Å². The van der Waals surface area contributed by atoms with Gasteiger partial charge in [0.15, 0.2) is 0 Å². The van der Waals surface area contributed by atoms with Crippen LogP contribution in [-0.2, 0) is 0 Å². The predicted molar refractivity (Wildman–Crippen MR) is 83.8 cm³/mol. The quantitative estimate of drug-likeness (QED) is 0.657. The van der Waals surface area contributed by atoms with Gasteiger partial charge in [0.05, 0.1) is 5.84 Å². The number of rotatable bonds is 4. The Morgan fingerprint density at radius 3 is 2.74 bits per heavy atom. The number of hydrogen-bond acceptors (Lipinski definition) is 3. The number of hydrogen-bond donors (Lipinski definition) is 2. The van der Waals surface area contributed by atoms with Gasteiger partial charge in [-0.3, -0.25) is 10.3 Å². The molecular formula is C15H23N3S. The molecule has 1 aliphatic rings. The van der Waals surface area contributed by atoms with Crippen molar-refractivity contribution in [2.45, 2.75) is 37.6 Å². The molecule has 0 radical (unpaired) electrons. The summed E-state index contributed by atoms with van der Waals surface area (Å²) < 4.78 is 0. The van der Waals surface area contributed by atoms with Gasteiger partial charge in [-0.25, -0.2) is 0 Å². The number of nitrogens with one attached hydrogen (secondary N) is 1. The second kappa shape index (κ2) is 6.44. The van der Waals surface area contributed by atoms with Gasteiger partial charge >= 0.3 is 0 Å². The molecule has 2 rings (SSSR count). The zero-order valence-corrected chi connectivity index (χ0v) is 12.5. The van der Waals surface area contributed by atoms with Gasteiger partial charge in [0, 0.05) is 36.1 Å². The number of nitrogens with two attached hydrogens (primary N) is 1. The summed E-state index contributed by atoms with van der Waals surface area (Å²) in [5.41, 5.74) is 6.94. The molecule has 1 fully saturated rings. The van der Waals surface area contributed by atoms with Crippen LogP contribution >= 0.6 is 11.8 Å². The number of amidine groups is 1. The molecule has 1 saturated heterocycles. The molecule has 1 aromatic carbocycles. The van der Waals surface area contributed by atoms with Gasteiger partial charge in [-0.15, -0.1) is 0 Å². The van der Waals surface area contributed by atoms with Crippen LogP contribution in [0.5, 0.6) is 0 Å². The molecule has 4 heteroatoms. The van der Waals surface area contributed by atoms with Crippen molar-refractivity contribution in [3.05, 3.63) is 35.9 Å². The largest absolute Gasteiger partial charge is 0.388 e. The van der Waals surface area contributed by atoms with Crippen LogP contribution in [0, 0.1) is 5.41 Å². The van der Waals surface area contributed by atoms with Crippen molar-refractivity contribution in [3.8, 4) is 0 Å². The number of benzene rings is 1. The van der Waals surface area contributed by atoms with E-state index in [1.165, 1.54) is 5.56 Å². The van der Waals surface area contributed by atoms with Crippen molar-refractivity contribution in [2.24, 2.45) is 5.73 Å². The van der Waals surface area contributed by atoms with Gasteiger partial charge in [0.2, 0.25) is 0 Å². The number of nitrogens with zero attached hydrogens (tertiary/aromatic N) is 1. The molecule has 0 amide bonds. The summed E-state index contributed by atoms with van der Waals surface area (Å²) in [7, 11) is 0. The predicted octanol–water partition coefficient (Wildman–Crippen LogP) is 2.88. The van der Waals surface area contributed by atoms with E-state index in [2.05, 4.69) is 43.0 Å². The Morgan fingerprint density at radius 2 is 2.11 bits per heavy atom. The van der Waals surface area contributed by atoms with Gasteiger partial charge in [-0.1, -0.05) is 37.3 Å². The lowest BCUT2D eigenvalue weighted by Crippen LogP contribution is -2.47. The Labute approximate surface area is 120 Å². The Morgan fingerprint density at radius 1 is 1.42 bits per heavy atom. The summed E-state index contributed by atoms with van der Waals surface area (Å²) in [6.45, 7) is 5.65. The fourth-order valence-electron chi connectivity index (χ4n) is 2.71. The molecular weight excluding hydrogens is 254 g/mol. The summed E-state index contributed by atoms with van der Waals surface area (Å²) in [6.07, 6.45) is 0.617. The molecule has 3 N–H and O–H groups in total. The highest BCUT2D eigenvalue weighted by atomic mass is 32.2. The van der Waals surface area contributed by atoms with Gasteiger partial charge < -0.3 is 5.73 Å². The Balaban J connectivity index is 2.24. The van der Waals surface area contributed by atoms with Crippen molar-refractivity contribution >= 4 is 17.6 Å². The Hall–Kier alpha value is -1.00. The van der Waals surface area contributed by atoms with Crippen LogP contribution in [0.4, 0.5) is 0 Å². The summed E-state index contributed by atoms with van der Waals surface area (Å²) in [5, 5.41) is 8.29. The molecule has 1 aromatic rings. The lowest BCUT2D eigenvalue weighted by Gasteiger charge is -2.42. The van der Waals surface area contributed by atoms with E-state index < -0.39 is 0 Å². The van der Waals surface area contributed by atoms with E-state index in [0.717, 1.165) is 12.3 Å². The zero-order valence-electron chi connectivity index (χ0n) is 11.7. The van der Waals surface area contributed by atoms with Gasteiger partial charge in [-0.05, 0) is 12.5 Å². The molecule has 0 aliphatic carbocycles. The van der Waals surface area contributed by atoms with Crippen LogP contribution in [-0.4, -0.2) is 34.3 Å². The van der Waals surface area contributed by atoms with Crippen molar-refractivity contribution in [2.75, 3.05) is 12.3 Å². The van der Waals surface area contributed by atoms with E-state index in [9.17, 15) is 0 Å². The van der Waals surface area contributed by atoms with Crippen molar-refractivity contribution in [1.29, 1.82) is 5.41 Å².